The molecule has 0 aliphatic carbocycles. The van der Waals surface area contributed by atoms with Crippen LogP contribution in [0.5, 0.6) is 0 Å². The number of anilines is 6. The molecule has 0 amide bonds. The summed E-state index contributed by atoms with van der Waals surface area (Å²) in [7, 11) is 0. The summed E-state index contributed by atoms with van der Waals surface area (Å²) in [4.78, 5) is 53.9. The first-order valence-corrected chi connectivity index (χ1v) is 23.6. The highest BCUT2D eigenvalue weighted by atomic mass is 32.1. The third kappa shape index (κ3) is 12.4. The van der Waals surface area contributed by atoms with Gasteiger partial charge in [-0.2, -0.15) is 0 Å². The van der Waals surface area contributed by atoms with Gasteiger partial charge in [-0.05, 0) is 168 Å². The van der Waals surface area contributed by atoms with Crippen LogP contribution in [0, 0.1) is 27.7 Å². The summed E-state index contributed by atoms with van der Waals surface area (Å²) in [6.45, 7) is 22.5. The second kappa shape index (κ2) is 23.2. The minimum atomic E-state index is -0.484. The molecule has 10 nitrogen and oxygen atoms in total. The molecule has 0 saturated carbocycles. The molecule has 0 aliphatic heterocycles. The van der Waals surface area contributed by atoms with Gasteiger partial charge in [0.25, 0.3) is 0 Å². The van der Waals surface area contributed by atoms with E-state index in [-0.39, 0.29) is 26.4 Å². The summed E-state index contributed by atoms with van der Waals surface area (Å²) in [6, 6.07) is 45.3. The molecular formula is C60H54N2O8S. The zero-order valence-electron chi connectivity index (χ0n) is 40.2. The summed E-state index contributed by atoms with van der Waals surface area (Å²) in [5, 5.41) is 0. The van der Waals surface area contributed by atoms with Gasteiger partial charge in [-0.25, -0.2) is 19.2 Å². The third-order valence-electron chi connectivity index (χ3n) is 11.8. The van der Waals surface area contributed by atoms with Crippen LogP contribution in [-0.4, -0.2) is 23.9 Å². The van der Waals surface area contributed by atoms with Crippen molar-refractivity contribution in [3.63, 3.8) is 0 Å². The number of rotatable bonds is 20. The molecule has 0 unspecified atom stereocenters. The zero-order valence-corrected chi connectivity index (χ0v) is 41.1. The average Bonchev–Trinajstić information content (AvgIpc) is 3.88. The molecule has 0 aliphatic rings. The number of carbonyl (C=O) groups excluding carboxylic acids is 4. The van der Waals surface area contributed by atoms with Crippen LogP contribution < -0.4 is 9.80 Å². The molecule has 0 saturated heterocycles. The van der Waals surface area contributed by atoms with Gasteiger partial charge in [-0.1, -0.05) is 74.8 Å². The molecule has 1 heterocycles. The molecule has 71 heavy (non-hydrogen) atoms. The molecule has 0 radical (unpaired) electrons. The Balaban J connectivity index is 1.16. The Bertz CT molecular complexity index is 2860. The largest absolute Gasteiger partial charge is 0.458 e. The molecule has 0 atom stereocenters. The van der Waals surface area contributed by atoms with Crippen LogP contribution in [-0.2, 0) is 64.6 Å². The van der Waals surface area contributed by atoms with Crippen molar-refractivity contribution in [2.45, 2.75) is 54.1 Å². The van der Waals surface area contributed by atoms with E-state index in [1.165, 1.54) is 0 Å². The van der Waals surface area contributed by atoms with Gasteiger partial charge in [0.05, 0.1) is 0 Å². The van der Waals surface area contributed by atoms with E-state index in [4.69, 9.17) is 18.9 Å². The van der Waals surface area contributed by atoms with E-state index < -0.39 is 23.9 Å². The van der Waals surface area contributed by atoms with E-state index in [0.717, 1.165) is 124 Å². The SMILES string of the molecule is C=CC(=O)OCc1ccc(N(c2ccc(-c3ccc(-c4ccc(N(c5ccc(COC(=O)C=C)cc5)c5cc(C)c(COC(=O)C=C)c(C)c5)cc4)s3)cc2)c2cc(C)c(COC(=O)C=C)c(C)c2)cc1. The molecule has 1 aromatic heterocycles. The minimum Gasteiger partial charge on any atom is -0.458 e. The number of nitrogens with zero attached hydrogens (tertiary/aromatic N) is 2. The van der Waals surface area contributed by atoms with Gasteiger partial charge in [-0.3, -0.25) is 0 Å². The van der Waals surface area contributed by atoms with Crippen LogP contribution in [0.3, 0.4) is 0 Å². The van der Waals surface area contributed by atoms with Gasteiger partial charge in [-0.15, -0.1) is 11.3 Å². The van der Waals surface area contributed by atoms with Gasteiger partial charge in [0, 0.05) is 68.2 Å². The van der Waals surface area contributed by atoms with Crippen molar-refractivity contribution in [1.29, 1.82) is 0 Å². The van der Waals surface area contributed by atoms with Gasteiger partial charge in [0.1, 0.15) is 26.4 Å². The van der Waals surface area contributed by atoms with Crippen LogP contribution in [0.25, 0.3) is 20.9 Å². The predicted octanol–water partition coefficient (Wildman–Crippen LogP) is 14.2. The number of aryl methyl sites for hydroxylation is 4. The van der Waals surface area contributed by atoms with Gasteiger partial charge in [0.15, 0.2) is 0 Å². The molecule has 0 N–H and O–H groups in total. The highest BCUT2D eigenvalue weighted by Gasteiger charge is 2.19. The second-order valence-electron chi connectivity index (χ2n) is 16.6. The Hall–Kier alpha value is -8.54. The fourth-order valence-corrected chi connectivity index (χ4v) is 9.08. The lowest BCUT2D eigenvalue weighted by atomic mass is 10.0. The average molecular weight is 963 g/mol. The van der Waals surface area contributed by atoms with E-state index in [0.29, 0.717) is 0 Å². The lowest BCUT2D eigenvalue weighted by Gasteiger charge is -2.27. The maximum absolute atomic E-state index is 11.9. The van der Waals surface area contributed by atoms with Crippen molar-refractivity contribution in [3.05, 3.63) is 229 Å². The van der Waals surface area contributed by atoms with Crippen LogP contribution in [0.15, 0.2) is 184 Å². The van der Waals surface area contributed by atoms with Crippen molar-refractivity contribution in [3.8, 4) is 20.9 Å². The molecule has 7 rings (SSSR count). The Morgan fingerprint density at radius 3 is 0.944 bits per heavy atom. The molecule has 7 aromatic rings. The smallest absolute Gasteiger partial charge is 0.330 e. The van der Waals surface area contributed by atoms with Crippen molar-refractivity contribution in [2.24, 2.45) is 0 Å². The molecular weight excluding hydrogens is 909 g/mol. The highest BCUT2D eigenvalue weighted by molar-refractivity contribution is 7.18. The van der Waals surface area contributed by atoms with Crippen molar-refractivity contribution in [2.75, 3.05) is 9.80 Å². The summed E-state index contributed by atoms with van der Waals surface area (Å²) < 4.78 is 21.4. The quantitative estimate of drug-likeness (QED) is 0.0416. The fraction of sp³-hybridized carbons (Fsp3) is 0.133. The normalized spacial score (nSPS) is 10.6. The van der Waals surface area contributed by atoms with E-state index in [1.54, 1.807) is 11.3 Å². The van der Waals surface area contributed by atoms with Crippen LogP contribution in [0.2, 0.25) is 0 Å². The standard InChI is InChI=1S/C60H54N2O8S/c1-9-57(63)67-35-43-13-21-47(22-14-43)61(51-31-39(5)53(40(6)32-51)37-69-59(65)11-3)49-25-17-45(18-26-49)55-29-30-56(71-55)46-19-27-50(28-20-46)62(48-23-15-44(16-24-48)36-68-58(64)10-2)52-33-41(7)54(42(8)34-52)38-70-60(66)12-4/h9-34H,1-4,35-38H2,5-8H3. The first-order chi connectivity index (χ1) is 34.3. The Morgan fingerprint density at radius 2 is 0.662 bits per heavy atom. The molecule has 0 fully saturated rings. The van der Waals surface area contributed by atoms with Crippen molar-refractivity contribution < 1.29 is 38.1 Å². The summed E-state index contributed by atoms with van der Waals surface area (Å²) >= 11 is 1.70. The predicted molar refractivity (Wildman–Crippen MR) is 283 cm³/mol. The zero-order chi connectivity index (χ0) is 50.6. The lowest BCUT2D eigenvalue weighted by molar-refractivity contribution is -0.139. The fourth-order valence-electron chi connectivity index (χ4n) is 8.06. The van der Waals surface area contributed by atoms with Crippen molar-refractivity contribution in [1.82, 2.24) is 0 Å². The van der Waals surface area contributed by atoms with E-state index in [1.807, 2.05) is 76.2 Å². The monoisotopic (exact) mass is 962 g/mol. The maximum Gasteiger partial charge on any atom is 0.330 e. The van der Waals surface area contributed by atoms with Gasteiger partial charge < -0.3 is 28.7 Å². The van der Waals surface area contributed by atoms with E-state index >= 15 is 0 Å². The number of hydrogen-bond acceptors (Lipinski definition) is 11. The Kier molecular flexibility index (Phi) is 16.4. The third-order valence-corrected chi connectivity index (χ3v) is 13.0. The highest BCUT2D eigenvalue weighted by Crippen LogP contribution is 2.42. The summed E-state index contributed by atoms with van der Waals surface area (Å²) in [5.74, 6) is -1.92. The molecule has 358 valence electrons. The minimum absolute atomic E-state index is 0.127. The molecule has 11 heteroatoms. The van der Waals surface area contributed by atoms with Gasteiger partial charge in [0.2, 0.25) is 0 Å². The van der Waals surface area contributed by atoms with Crippen LogP contribution in [0.1, 0.15) is 44.5 Å². The second-order valence-corrected chi connectivity index (χ2v) is 17.7. The Labute approximate surface area is 419 Å². The molecule has 0 spiro atoms. The Morgan fingerprint density at radius 1 is 0.394 bits per heavy atom. The van der Waals surface area contributed by atoms with Crippen LogP contribution >= 0.6 is 11.3 Å². The van der Waals surface area contributed by atoms with E-state index in [9.17, 15) is 19.2 Å². The van der Waals surface area contributed by atoms with E-state index in [2.05, 4.69) is 121 Å². The first kappa shape index (κ1) is 50.3. The number of thiophene rings is 1. The first-order valence-electron chi connectivity index (χ1n) is 22.7. The number of esters is 4. The number of ether oxygens (including phenoxy) is 4. The van der Waals surface area contributed by atoms with Crippen molar-refractivity contribution >= 4 is 69.3 Å². The summed E-state index contributed by atoms with van der Waals surface area (Å²) in [6.07, 6.45) is 4.61. The number of carbonyl (C=O) groups is 4. The number of benzene rings is 6. The topological polar surface area (TPSA) is 112 Å². The maximum atomic E-state index is 11.9. The lowest BCUT2D eigenvalue weighted by Crippen LogP contribution is -2.12. The molecule has 6 aromatic carbocycles. The van der Waals surface area contributed by atoms with Gasteiger partial charge >= 0.3 is 23.9 Å². The van der Waals surface area contributed by atoms with Crippen LogP contribution in [0.4, 0.5) is 34.1 Å². The molecule has 0 bridgehead atoms. The summed E-state index contributed by atoms with van der Waals surface area (Å²) in [5.41, 5.74) is 15.1. The number of hydrogen-bond donors (Lipinski definition) is 0.